The van der Waals surface area contributed by atoms with E-state index in [1.807, 2.05) is 42.5 Å². The predicted octanol–water partition coefficient (Wildman–Crippen LogP) is 1.72. The molecule has 9 heteroatoms. The van der Waals surface area contributed by atoms with E-state index in [1.165, 1.54) is 6.26 Å². The molecule has 0 radical (unpaired) electrons. The van der Waals surface area contributed by atoms with Crippen molar-refractivity contribution in [3.63, 3.8) is 0 Å². The van der Waals surface area contributed by atoms with Gasteiger partial charge in [0.15, 0.2) is 0 Å². The van der Waals surface area contributed by atoms with Crippen molar-refractivity contribution in [2.24, 2.45) is 11.8 Å². The first-order valence-corrected chi connectivity index (χ1v) is 11.0. The zero-order valence-corrected chi connectivity index (χ0v) is 16.7. The van der Waals surface area contributed by atoms with Crippen LogP contribution in [0.1, 0.15) is 17.3 Å². The predicted molar refractivity (Wildman–Crippen MR) is 108 cm³/mol. The molecule has 4 rings (SSSR count). The van der Waals surface area contributed by atoms with Gasteiger partial charge in [-0.25, -0.2) is 13.4 Å². The Balaban J connectivity index is 0.000000755. The van der Waals surface area contributed by atoms with Crippen LogP contribution in [0.25, 0.3) is 0 Å². The van der Waals surface area contributed by atoms with Gasteiger partial charge in [-0.1, -0.05) is 36.4 Å². The van der Waals surface area contributed by atoms with Crippen LogP contribution in [0.2, 0.25) is 0 Å². The smallest absolute Gasteiger partial charge is 0.290 e. The highest BCUT2D eigenvalue weighted by molar-refractivity contribution is 7.88. The Labute approximate surface area is 170 Å². The number of fused-ring (bicyclic) bond motifs is 1. The number of pyridine rings is 1. The quantitative estimate of drug-likeness (QED) is 0.761. The maximum Gasteiger partial charge on any atom is 0.290 e. The molecule has 1 aromatic heterocycles. The summed E-state index contributed by atoms with van der Waals surface area (Å²) >= 11 is 0. The van der Waals surface area contributed by atoms with E-state index in [4.69, 9.17) is 15.2 Å². The van der Waals surface area contributed by atoms with Gasteiger partial charge in [-0.2, -0.15) is 9.57 Å². The molecule has 0 bridgehead atoms. The molecule has 0 aliphatic carbocycles. The molecule has 1 aromatic carbocycles. The lowest BCUT2D eigenvalue weighted by molar-refractivity contribution is -0.122. The highest BCUT2D eigenvalue weighted by atomic mass is 32.2. The van der Waals surface area contributed by atoms with E-state index in [2.05, 4.69) is 16.0 Å². The van der Waals surface area contributed by atoms with Gasteiger partial charge in [0, 0.05) is 25.6 Å². The third kappa shape index (κ3) is 4.39. The van der Waals surface area contributed by atoms with Gasteiger partial charge in [0.05, 0.1) is 12.3 Å². The largest absolute Gasteiger partial charge is 0.483 e. The Morgan fingerprint density at radius 1 is 1.14 bits per heavy atom. The minimum absolute atomic E-state index is 0.152. The molecule has 29 heavy (non-hydrogen) atoms. The second-order valence-corrected chi connectivity index (χ2v) is 9.05. The van der Waals surface area contributed by atoms with Crippen LogP contribution in [-0.2, 0) is 14.8 Å². The molecule has 2 aromatic rings. The molecule has 2 saturated heterocycles. The zero-order chi connectivity index (χ0) is 21.0. The number of anilines is 1. The summed E-state index contributed by atoms with van der Waals surface area (Å²) in [6.45, 7) is 1.76. The van der Waals surface area contributed by atoms with Crippen LogP contribution < -0.4 is 4.90 Å². The summed E-state index contributed by atoms with van der Waals surface area (Å²) in [6, 6.07) is 17.2. The summed E-state index contributed by atoms with van der Waals surface area (Å²) in [5.74, 6) is 1.25. The van der Waals surface area contributed by atoms with Crippen molar-refractivity contribution >= 4 is 22.3 Å². The van der Waals surface area contributed by atoms with Gasteiger partial charge < -0.3 is 10.0 Å². The Morgan fingerprint density at radius 2 is 1.83 bits per heavy atom. The second-order valence-electron chi connectivity index (χ2n) is 7.12. The molecule has 0 amide bonds. The van der Waals surface area contributed by atoms with E-state index in [0.29, 0.717) is 12.2 Å². The lowest BCUT2D eigenvalue weighted by atomic mass is 9.90. The van der Waals surface area contributed by atoms with Crippen LogP contribution in [-0.4, -0.2) is 55.2 Å². The molecule has 0 spiro atoms. The summed E-state index contributed by atoms with van der Waals surface area (Å²) in [5.41, 5.74) is 1.43. The van der Waals surface area contributed by atoms with Crippen molar-refractivity contribution in [3.8, 4) is 6.07 Å². The molecule has 2 aliphatic heterocycles. The molecule has 3 atom stereocenters. The number of hydrogen-bond donors (Lipinski definition) is 1. The van der Waals surface area contributed by atoms with Gasteiger partial charge in [-0.15, -0.1) is 0 Å². The maximum atomic E-state index is 12.3. The number of hydrogen-bond acceptors (Lipinski definition) is 6. The van der Waals surface area contributed by atoms with Crippen molar-refractivity contribution in [1.29, 1.82) is 5.26 Å². The monoisotopic (exact) mass is 414 g/mol. The Kier molecular flexibility index (Phi) is 6.15. The van der Waals surface area contributed by atoms with Crippen LogP contribution in [0, 0.1) is 23.2 Å². The van der Waals surface area contributed by atoms with Crippen molar-refractivity contribution in [3.05, 3.63) is 59.8 Å². The fraction of sp³-hybridized carbons (Fsp3) is 0.350. The van der Waals surface area contributed by atoms with Gasteiger partial charge in [0.1, 0.15) is 17.6 Å². The Bertz CT molecular complexity index is 1010. The summed E-state index contributed by atoms with van der Waals surface area (Å²) in [7, 11) is -3.28. The fourth-order valence-electron chi connectivity index (χ4n) is 4.26. The van der Waals surface area contributed by atoms with Gasteiger partial charge in [-0.3, -0.25) is 4.79 Å². The fourth-order valence-corrected chi connectivity index (χ4v) is 5.41. The topological polar surface area (TPSA) is 115 Å². The standard InChI is InChI=1S/C19H20N4O2S.CH2O2/c1-26(24,25)23-12-15-11-22(18-9-5-8-16(10-20)21-18)13-17(15)19(23)14-6-3-2-4-7-14;2-1-3/h2-9,15,17,19H,11-13H2,1H3;1H,(H,2,3)/t15-,17-,19+;/m1./s1. The summed E-state index contributed by atoms with van der Waals surface area (Å²) in [4.78, 5) is 14.9. The average Bonchev–Trinajstić information content (AvgIpc) is 3.27. The first kappa shape index (κ1) is 20.8. The molecule has 8 nitrogen and oxygen atoms in total. The highest BCUT2D eigenvalue weighted by Gasteiger charge is 2.50. The summed E-state index contributed by atoms with van der Waals surface area (Å²) < 4.78 is 26.3. The number of nitriles is 1. The van der Waals surface area contributed by atoms with Crippen LogP contribution in [0.5, 0.6) is 0 Å². The zero-order valence-electron chi connectivity index (χ0n) is 15.9. The lowest BCUT2D eigenvalue weighted by Crippen LogP contribution is -2.35. The summed E-state index contributed by atoms with van der Waals surface area (Å²) in [5, 5.41) is 16.0. The van der Waals surface area contributed by atoms with Crippen LogP contribution in [0.3, 0.4) is 0 Å². The molecule has 2 aliphatic rings. The van der Waals surface area contributed by atoms with Crippen molar-refractivity contribution in [1.82, 2.24) is 9.29 Å². The van der Waals surface area contributed by atoms with Crippen molar-refractivity contribution in [2.75, 3.05) is 30.8 Å². The lowest BCUT2D eigenvalue weighted by Gasteiger charge is -2.28. The number of benzene rings is 1. The third-order valence-electron chi connectivity index (χ3n) is 5.36. The Morgan fingerprint density at radius 3 is 2.45 bits per heavy atom. The number of carbonyl (C=O) groups is 1. The first-order chi connectivity index (χ1) is 13.9. The van der Waals surface area contributed by atoms with Gasteiger partial charge in [0.25, 0.3) is 6.47 Å². The number of carboxylic acid groups (broad SMARTS) is 1. The highest BCUT2D eigenvalue weighted by Crippen LogP contribution is 2.46. The molecule has 1 N–H and O–H groups in total. The Hall–Kier alpha value is -2.96. The van der Waals surface area contributed by atoms with Crippen LogP contribution >= 0.6 is 0 Å². The molecule has 0 saturated carbocycles. The number of sulfonamides is 1. The average molecular weight is 414 g/mol. The van der Waals surface area contributed by atoms with E-state index >= 15 is 0 Å². The molecular weight excluding hydrogens is 392 g/mol. The number of nitrogens with zero attached hydrogens (tertiary/aromatic N) is 4. The van der Waals surface area contributed by atoms with Crippen LogP contribution in [0.4, 0.5) is 5.82 Å². The number of rotatable bonds is 3. The van der Waals surface area contributed by atoms with E-state index in [0.717, 1.165) is 24.5 Å². The normalized spacial score (nSPS) is 23.6. The number of aromatic nitrogens is 1. The minimum Gasteiger partial charge on any atom is -0.483 e. The SMILES string of the molecule is CS(=O)(=O)N1C[C@H]2CN(c3cccc(C#N)n3)C[C@H]2[C@@H]1c1ccccc1.O=CO. The maximum absolute atomic E-state index is 12.3. The third-order valence-corrected chi connectivity index (χ3v) is 6.59. The van der Waals surface area contributed by atoms with Crippen LogP contribution in [0.15, 0.2) is 48.5 Å². The summed E-state index contributed by atoms with van der Waals surface area (Å²) in [6.07, 6.45) is 1.29. The molecule has 0 unspecified atom stereocenters. The van der Waals surface area contributed by atoms with E-state index in [1.54, 1.807) is 10.4 Å². The van der Waals surface area contributed by atoms with E-state index in [9.17, 15) is 8.42 Å². The van der Waals surface area contributed by atoms with E-state index in [-0.39, 0.29) is 24.3 Å². The molecule has 3 heterocycles. The first-order valence-electron chi connectivity index (χ1n) is 9.10. The second kappa shape index (κ2) is 8.59. The molecule has 2 fully saturated rings. The van der Waals surface area contributed by atoms with Crippen molar-refractivity contribution in [2.45, 2.75) is 6.04 Å². The molecular formula is C20H22N4O4S. The van der Waals surface area contributed by atoms with Crippen molar-refractivity contribution < 1.29 is 18.3 Å². The minimum atomic E-state index is -3.28. The van der Waals surface area contributed by atoms with Gasteiger partial charge in [-0.05, 0) is 23.6 Å². The van der Waals surface area contributed by atoms with E-state index < -0.39 is 10.0 Å². The van der Waals surface area contributed by atoms with Gasteiger partial charge >= 0.3 is 0 Å². The molecule has 152 valence electrons. The van der Waals surface area contributed by atoms with Gasteiger partial charge in [0.2, 0.25) is 10.0 Å².